The van der Waals surface area contributed by atoms with Crippen molar-refractivity contribution < 1.29 is 5.11 Å². The molecule has 4 heteroatoms. The number of phenolic OH excluding ortho intramolecular Hbond substituents is 1. The van der Waals surface area contributed by atoms with E-state index in [-0.39, 0.29) is 5.75 Å². The van der Waals surface area contributed by atoms with Crippen LogP contribution in [0.5, 0.6) is 5.75 Å². The molecule has 0 heterocycles. The van der Waals surface area contributed by atoms with Gasteiger partial charge in [-0.25, -0.2) is 0 Å². The quantitative estimate of drug-likeness (QED) is 0.859. The van der Waals surface area contributed by atoms with E-state index in [2.05, 4.69) is 64.6 Å². The van der Waals surface area contributed by atoms with Crippen LogP contribution in [0.2, 0.25) is 0 Å². The van der Waals surface area contributed by atoms with Crippen molar-refractivity contribution in [2.45, 2.75) is 27.3 Å². The molecule has 1 rings (SSSR count). The van der Waals surface area contributed by atoms with Crippen LogP contribution in [-0.4, -0.2) is 23.6 Å². The Balaban J connectivity index is 2.76. The molecule has 0 atom stereocenters. The van der Waals surface area contributed by atoms with Crippen molar-refractivity contribution in [2.75, 3.05) is 13.6 Å². The molecule has 96 valence electrons. The maximum absolute atomic E-state index is 9.64. The molecule has 2 nitrogen and oxygen atoms in total. The summed E-state index contributed by atoms with van der Waals surface area (Å²) >= 11 is 6.70. The van der Waals surface area contributed by atoms with Gasteiger partial charge in [-0.1, -0.05) is 20.8 Å². The molecule has 0 aliphatic heterocycles. The first-order valence-corrected chi connectivity index (χ1v) is 7.13. The summed E-state index contributed by atoms with van der Waals surface area (Å²) < 4.78 is 1.46. The third-order valence-electron chi connectivity index (χ3n) is 2.27. The van der Waals surface area contributed by atoms with Gasteiger partial charge < -0.3 is 10.0 Å². The number of halogens is 2. The van der Waals surface area contributed by atoms with Crippen LogP contribution in [0.4, 0.5) is 0 Å². The maximum Gasteiger partial charge on any atom is 0.143 e. The second-order valence-electron chi connectivity index (χ2n) is 5.64. The summed E-state index contributed by atoms with van der Waals surface area (Å²) in [7, 11) is 2.11. The first-order valence-electron chi connectivity index (χ1n) is 5.54. The van der Waals surface area contributed by atoms with Gasteiger partial charge in [0.1, 0.15) is 5.75 Å². The molecule has 0 radical (unpaired) electrons. The van der Waals surface area contributed by atoms with E-state index < -0.39 is 0 Å². The van der Waals surface area contributed by atoms with Gasteiger partial charge >= 0.3 is 0 Å². The average molecular weight is 365 g/mol. The molecule has 0 bridgehead atoms. The Bertz CT molecular complexity index is 376. The molecule has 0 aromatic heterocycles. The van der Waals surface area contributed by atoms with E-state index >= 15 is 0 Å². The first kappa shape index (κ1) is 15.0. The molecule has 0 aliphatic carbocycles. The average Bonchev–Trinajstić information content (AvgIpc) is 2.10. The predicted octanol–water partition coefficient (Wildman–Crippen LogP) is 4.40. The van der Waals surface area contributed by atoms with Crippen LogP contribution in [0, 0.1) is 5.41 Å². The van der Waals surface area contributed by atoms with E-state index in [1.807, 2.05) is 12.1 Å². The second-order valence-corrected chi connectivity index (χ2v) is 7.35. The Kier molecular flexibility index (Phi) is 5.05. The predicted molar refractivity (Wildman–Crippen MR) is 79.3 cm³/mol. The van der Waals surface area contributed by atoms with Gasteiger partial charge in [0.25, 0.3) is 0 Å². The van der Waals surface area contributed by atoms with Crippen molar-refractivity contribution in [3.05, 3.63) is 26.6 Å². The highest BCUT2D eigenvalue weighted by atomic mass is 79.9. The number of hydrogen-bond donors (Lipinski definition) is 1. The lowest BCUT2D eigenvalue weighted by Gasteiger charge is -2.26. The van der Waals surface area contributed by atoms with E-state index in [1.54, 1.807) is 0 Å². The monoisotopic (exact) mass is 363 g/mol. The fourth-order valence-corrected chi connectivity index (χ4v) is 3.17. The Morgan fingerprint density at radius 1 is 1.18 bits per heavy atom. The Morgan fingerprint density at radius 2 is 1.65 bits per heavy atom. The second kappa shape index (κ2) is 5.72. The maximum atomic E-state index is 9.64. The number of benzene rings is 1. The summed E-state index contributed by atoms with van der Waals surface area (Å²) in [5, 5.41) is 9.64. The van der Waals surface area contributed by atoms with Gasteiger partial charge in [0.2, 0.25) is 0 Å². The number of rotatable bonds is 3. The lowest BCUT2D eigenvalue weighted by Crippen LogP contribution is -2.28. The third-order valence-corrected chi connectivity index (χ3v) is 3.48. The molecule has 1 N–H and O–H groups in total. The van der Waals surface area contributed by atoms with Crippen molar-refractivity contribution >= 4 is 31.9 Å². The minimum atomic E-state index is 0.257. The first-order chi connectivity index (χ1) is 7.69. The van der Waals surface area contributed by atoms with Gasteiger partial charge in [0, 0.05) is 13.1 Å². The summed E-state index contributed by atoms with van der Waals surface area (Å²) in [4.78, 5) is 2.28. The minimum absolute atomic E-state index is 0.257. The molecular weight excluding hydrogens is 346 g/mol. The van der Waals surface area contributed by atoms with E-state index in [0.29, 0.717) is 5.41 Å². The van der Waals surface area contributed by atoms with E-state index in [0.717, 1.165) is 22.0 Å². The van der Waals surface area contributed by atoms with E-state index in [4.69, 9.17) is 0 Å². The Labute approximate surface area is 120 Å². The van der Waals surface area contributed by atoms with Crippen LogP contribution in [0.3, 0.4) is 0 Å². The lowest BCUT2D eigenvalue weighted by molar-refractivity contribution is 0.220. The van der Waals surface area contributed by atoms with Crippen LogP contribution in [0.15, 0.2) is 21.1 Å². The molecule has 17 heavy (non-hydrogen) atoms. The Morgan fingerprint density at radius 3 is 2.06 bits per heavy atom. The standard InChI is InChI=1S/C13H19Br2NO/c1-13(2,3)8-16(4)7-9-5-10(14)12(17)11(15)6-9/h5-6,17H,7-8H2,1-4H3. The highest BCUT2D eigenvalue weighted by Gasteiger charge is 2.14. The normalized spacial score (nSPS) is 12.2. The molecule has 0 amide bonds. The van der Waals surface area contributed by atoms with Crippen LogP contribution in [0.1, 0.15) is 26.3 Å². The van der Waals surface area contributed by atoms with Crippen LogP contribution in [-0.2, 0) is 6.54 Å². The number of aromatic hydroxyl groups is 1. The molecule has 0 saturated carbocycles. The van der Waals surface area contributed by atoms with Gasteiger partial charge in [-0.3, -0.25) is 0 Å². The number of hydrogen-bond acceptors (Lipinski definition) is 2. The zero-order valence-electron chi connectivity index (χ0n) is 10.7. The summed E-state index contributed by atoms with van der Waals surface area (Å²) in [6.45, 7) is 8.59. The number of nitrogens with zero attached hydrogens (tertiary/aromatic N) is 1. The van der Waals surface area contributed by atoms with Crippen molar-refractivity contribution in [1.82, 2.24) is 4.90 Å². The van der Waals surface area contributed by atoms with E-state index in [1.165, 1.54) is 5.56 Å². The minimum Gasteiger partial charge on any atom is -0.506 e. The SMILES string of the molecule is CN(Cc1cc(Br)c(O)c(Br)c1)CC(C)(C)C. The van der Waals surface area contributed by atoms with E-state index in [9.17, 15) is 5.11 Å². The highest BCUT2D eigenvalue weighted by molar-refractivity contribution is 9.11. The van der Waals surface area contributed by atoms with Crippen LogP contribution >= 0.6 is 31.9 Å². The van der Waals surface area contributed by atoms with Crippen molar-refractivity contribution in [3.8, 4) is 5.75 Å². The largest absolute Gasteiger partial charge is 0.506 e. The molecule has 0 spiro atoms. The Hall–Kier alpha value is -0.0600. The van der Waals surface area contributed by atoms with Gasteiger partial charge in [-0.05, 0) is 62.0 Å². The molecule has 1 aromatic rings. The fraction of sp³-hybridized carbons (Fsp3) is 0.538. The molecule has 0 saturated heterocycles. The molecule has 0 fully saturated rings. The zero-order chi connectivity index (χ0) is 13.2. The third kappa shape index (κ3) is 4.98. The smallest absolute Gasteiger partial charge is 0.143 e. The van der Waals surface area contributed by atoms with Crippen molar-refractivity contribution in [3.63, 3.8) is 0 Å². The highest BCUT2D eigenvalue weighted by Crippen LogP contribution is 2.33. The molecule has 0 unspecified atom stereocenters. The summed E-state index contributed by atoms with van der Waals surface area (Å²) in [5.74, 6) is 0.257. The molecule has 1 aromatic carbocycles. The summed E-state index contributed by atoms with van der Waals surface area (Å²) in [6, 6.07) is 3.92. The van der Waals surface area contributed by atoms with Gasteiger partial charge in [0.15, 0.2) is 0 Å². The fourth-order valence-electron chi connectivity index (χ4n) is 1.89. The van der Waals surface area contributed by atoms with Crippen LogP contribution in [0.25, 0.3) is 0 Å². The summed E-state index contributed by atoms with van der Waals surface area (Å²) in [6.07, 6.45) is 0. The summed E-state index contributed by atoms with van der Waals surface area (Å²) in [5.41, 5.74) is 1.47. The van der Waals surface area contributed by atoms with Crippen LogP contribution < -0.4 is 0 Å². The van der Waals surface area contributed by atoms with Crippen molar-refractivity contribution in [1.29, 1.82) is 0 Å². The lowest BCUT2D eigenvalue weighted by atomic mass is 9.96. The molecule has 0 aliphatic rings. The zero-order valence-corrected chi connectivity index (χ0v) is 13.9. The molecular formula is C13H19Br2NO. The van der Waals surface area contributed by atoms with Gasteiger partial charge in [0.05, 0.1) is 8.95 Å². The topological polar surface area (TPSA) is 23.5 Å². The van der Waals surface area contributed by atoms with Gasteiger partial charge in [-0.2, -0.15) is 0 Å². The van der Waals surface area contributed by atoms with Crippen molar-refractivity contribution in [2.24, 2.45) is 5.41 Å². The number of phenols is 1. The van der Waals surface area contributed by atoms with Gasteiger partial charge in [-0.15, -0.1) is 0 Å².